The van der Waals surface area contributed by atoms with E-state index in [1.807, 2.05) is 21.1 Å². The van der Waals surface area contributed by atoms with E-state index in [-0.39, 0.29) is 25.6 Å². The van der Waals surface area contributed by atoms with Crippen LogP contribution in [0.4, 0.5) is 0 Å². The largest absolute Gasteiger partial charge is 0.472 e. The Bertz CT molecular complexity index is 1610. The van der Waals surface area contributed by atoms with Crippen molar-refractivity contribution >= 4 is 19.8 Å². The number of hydrogen-bond acceptors (Lipinski definition) is 7. The first kappa shape index (κ1) is 79.5. The van der Waals surface area contributed by atoms with Crippen molar-refractivity contribution in [1.29, 1.82) is 0 Å². The molecule has 0 radical (unpaired) electrons. The Morgan fingerprint density at radius 1 is 0.390 bits per heavy atom. The van der Waals surface area contributed by atoms with E-state index in [1.54, 1.807) is 0 Å². The number of unbranched alkanes of at least 4 members (excludes halogenated alkanes) is 38. The van der Waals surface area contributed by atoms with E-state index in [0.29, 0.717) is 23.9 Å². The molecule has 0 saturated heterocycles. The number of likely N-dealkylation sites (N-methyl/N-ethyl adjacent to an activating group) is 1. The Morgan fingerprint density at radius 2 is 0.695 bits per heavy atom. The van der Waals surface area contributed by atoms with Crippen LogP contribution >= 0.6 is 7.82 Å². The summed E-state index contributed by atoms with van der Waals surface area (Å²) in [6.45, 7) is 4.36. The van der Waals surface area contributed by atoms with Crippen LogP contribution < -0.4 is 0 Å². The Kier molecular flexibility index (Phi) is 61.0. The van der Waals surface area contributed by atoms with Gasteiger partial charge in [-0.1, -0.05) is 299 Å². The topological polar surface area (TPSA) is 108 Å². The molecule has 0 fully saturated rings. The highest BCUT2D eigenvalue weighted by Crippen LogP contribution is 2.43. The number of phosphoric ester groups is 1. The maximum atomic E-state index is 12.9. The molecule has 0 saturated carbocycles. The zero-order chi connectivity index (χ0) is 59.8. The summed E-state index contributed by atoms with van der Waals surface area (Å²) in [6.07, 6.45) is 84.3. The van der Waals surface area contributed by atoms with Crippen LogP contribution in [-0.4, -0.2) is 74.9 Å². The lowest BCUT2D eigenvalue weighted by atomic mass is 10.0. The van der Waals surface area contributed by atoms with Gasteiger partial charge in [0.05, 0.1) is 27.7 Å². The van der Waals surface area contributed by atoms with Gasteiger partial charge in [-0.2, -0.15) is 0 Å². The summed E-state index contributed by atoms with van der Waals surface area (Å²) in [5.41, 5.74) is 0. The molecule has 0 aliphatic rings. The molecule has 0 heterocycles. The number of rotatable bonds is 64. The van der Waals surface area contributed by atoms with Crippen molar-refractivity contribution in [2.45, 2.75) is 328 Å². The van der Waals surface area contributed by atoms with E-state index >= 15 is 0 Å². The average molecular weight is 1170 g/mol. The molecule has 0 aromatic heterocycles. The number of carbonyl (C=O) groups excluding carboxylic acids is 2. The fraction of sp³-hybridized carbons (Fsp3) is 0.806. The summed E-state index contributed by atoms with van der Waals surface area (Å²) >= 11 is 0. The maximum absolute atomic E-state index is 12.9. The molecule has 2 atom stereocenters. The number of nitrogens with zero attached hydrogens (tertiary/aromatic N) is 1. The molecular formula is C72H133NO8P+. The smallest absolute Gasteiger partial charge is 0.462 e. The minimum absolute atomic E-state index is 0.0309. The number of carbonyl (C=O) groups is 2. The summed E-state index contributed by atoms with van der Waals surface area (Å²) in [5, 5.41) is 0. The van der Waals surface area contributed by atoms with Gasteiger partial charge in [-0.05, 0) is 83.5 Å². The summed E-state index contributed by atoms with van der Waals surface area (Å²) in [6, 6.07) is 0. The number of hydrogen-bond donors (Lipinski definition) is 1. The van der Waals surface area contributed by atoms with Crippen molar-refractivity contribution in [1.82, 2.24) is 0 Å². The molecule has 0 aromatic carbocycles. The third-order valence-electron chi connectivity index (χ3n) is 15.2. The fourth-order valence-electron chi connectivity index (χ4n) is 9.92. The van der Waals surface area contributed by atoms with E-state index in [2.05, 4.69) is 86.8 Å². The van der Waals surface area contributed by atoms with Crippen LogP contribution in [0.1, 0.15) is 322 Å². The molecule has 0 aliphatic heterocycles. The van der Waals surface area contributed by atoms with Crippen LogP contribution in [-0.2, 0) is 32.7 Å². The minimum Gasteiger partial charge on any atom is -0.462 e. The van der Waals surface area contributed by atoms with E-state index in [9.17, 15) is 19.0 Å². The Hall–Kier alpha value is -2.55. The van der Waals surface area contributed by atoms with Crippen LogP contribution in [0.3, 0.4) is 0 Å². The second-order valence-corrected chi connectivity index (χ2v) is 26.0. The van der Waals surface area contributed by atoms with Gasteiger partial charge in [0.25, 0.3) is 0 Å². The molecule has 10 heteroatoms. The standard InChI is InChI=1S/C72H132NO8P/c1-6-8-10-12-14-16-18-20-22-24-26-28-30-32-34-36-38-40-42-44-46-48-50-52-54-56-58-60-62-64-71(74)78-68-70(69-80-82(76,77)79-67-66-73(3,4)5)81-72(75)65-63-61-59-57-55-53-51-49-47-45-43-41-39-37-35-33-31-29-27-25-23-21-19-17-15-13-11-9-7-2/h9,11,15,17,21,23-24,26-27,29,33,35,70H,6-8,10,12-14,16,18-20,22,25,28,30-32,34,36-69H2,1-5H3/p+1/b11-9-,17-15-,23-21-,26-24-,29-27-,35-33-. The van der Waals surface area contributed by atoms with Gasteiger partial charge in [-0.25, -0.2) is 4.57 Å². The van der Waals surface area contributed by atoms with E-state index in [1.165, 1.54) is 218 Å². The fourth-order valence-corrected chi connectivity index (χ4v) is 10.7. The Labute approximate surface area is 508 Å². The molecule has 478 valence electrons. The summed E-state index contributed by atoms with van der Waals surface area (Å²) in [4.78, 5) is 35.9. The predicted molar refractivity (Wildman–Crippen MR) is 353 cm³/mol. The molecule has 82 heavy (non-hydrogen) atoms. The second kappa shape index (κ2) is 63.0. The minimum atomic E-state index is -4.39. The highest BCUT2D eigenvalue weighted by molar-refractivity contribution is 7.47. The van der Waals surface area contributed by atoms with E-state index < -0.39 is 26.5 Å². The van der Waals surface area contributed by atoms with Crippen LogP contribution in [0.15, 0.2) is 72.9 Å². The third-order valence-corrected chi connectivity index (χ3v) is 16.2. The Balaban J connectivity index is 4.04. The predicted octanol–water partition coefficient (Wildman–Crippen LogP) is 22.4. The lowest BCUT2D eigenvalue weighted by Gasteiger charge is -2.24. The van der Waals surface area contributed by atoms with Crippen molar-refractivity contribution in [3.63, 3.8) is 0 Å². The number of quaternary nitrogens is 1. The molecule has 0 rings (SSSR count). The van der Waals surface area contributed by atoms with Crippen molar-refractivity contribution in [2.24, 2.45) is 0 Å². The van der Waals surface area contributed by atoms with Crippen LogP contribution in [0.5, 0.6) is 0 Å². The lowest BCUT2D eigenvalue weighted by Crippen LogP contribution is -2.37. The van der Waals surface area contributed by atoms with Crippen LogP contribution in [0.2, 0.25) is 0 Å². The lowest BCUT2D eigenvalue weighted by molar-refractivity contribution is -0.870. The molecular weight excluding hydrogens is 1040 g/mol. The molecule has 0 amide bonds. The molecule has 0 aromatic rings. The van der Waals surface area contributed by atoms with Gasteiger partial charge in [0.2, 0.25) is 0 Å². The van der Waals surface area contributed by atoms with Crippen molar-refractivity contribution in [3.8, 4) is 0 Å². The first-order valence-corrected chi connectivity index (χ1v) is 36.2. The second-order valence-electron chi connectivity index (χ2n) is 24.5. The molecule has 0 aliphatic carbocycles. The number of esters is 2. The molecule has 0 spiro atoms. The summed E-state index contributed by atoms with van der Waals surface area (Å²) in [7, 11) is 1.48. The van der Waals surface area contributed by atoms with Gasteiger partial charge in [-0.3, -0.25) is 18.6 Å². The van der Waals surface area contributed by atoms with Crippen LogP contribution in [0, 0.1) is 0 Å². The molecule has 1 N–H and O–H groups in total. The van der Waals surface area contributed by atoms with E-state index in [0.717, 1.165) is 70.6 Å². The zero-order valence-corrected chi connectivity index (χ0v) is 55.4. The monoisotopic (exact) mass is 1170 g/mol. The first-order valence-electron chi connectivity index (χ1n) is 34.7. The Morgan fingerprint density at radius 3 is 1.05 bits per heavy atom. The third kappa shape index (κ3) is 66.6. The van der Waals surface area contributed by atoms with Gasteiger partial charge >= 0.3 is 19.8 Å². The van der Waals surface area contributed by atoms with Gasteiger partial charge in [0.15, 0.2) is 6.10 Å². The number of allylic oxidation sites excluding steroid dienone is 12. The van der Waals surface area contributed by atoms with Gasteiger partial charge in [0, 0.05) is 12.8 Å². The highest BCUT2D eigenvalue weighted by atomic mass is 31.2. The first-order chi connectivity index (χ1) is 40.0. The van der Waals surface area contributed by atoms with Gasteiger partial charge < -0.3 is 18.9 Å². The maximum Gasteiger partial charge on any atom is 0.472 e. The van der Waals surface area contributed by atoms with Gasteiger partial charge in [-0.15, -0.1) is 0 Å². The molecule has 2 unspecified atom stereocenters. The SMILES string of the molecule is CC/C=C\C/C=C\C/C=C\C/C=C\C/C=C\CCCCCCCCCCCCCCCC(=O)OC(COC(=O)CCCCCCCCCCCCCCCCCCC/C=C\CCCCCCCCCC)COP(=O)(O)OCC[N+](C)(C)C. The summed E-state index contributed by atoms with van der Waals surface area (Å²) < 4.78 is 34.7. The highest BCUT2D eigenvalue weighted by Gasteiger charge is 2.27. The van der Waals surface area contributed by atoms with E-state index in [4.69, 9.17) is 18.5 Å². The number of phosphoric acid groups is 1. The van der Waals surface area contributed by atoms with Crippen molar-refractivity contribution in [3.05, 3.63) is 72.9 Å². The average Bonchev–Trinajstić information content (AvgIpc) is 3.45. The van der Waals surface area contributed by atoms with Crippen LogP contribution in [0.25, 0.3) is 0 Å². The quantitative estimate of drug-likeness (QED) is 0.0211. The molecule has 9 nitrogen and oxygen atoms in total. The van der Waals surface area contributed by atoms with Crippen molar-refractivity contribution in [2.75, 3.05) is 47.5 Å². The van der Waals surface area contributed by atoms with Crippen molar-refractivity contribution < 1.29 is 42.1 Å². The normalized spacial score (nSPS) is 13.6. The van der Waals surface area contributed by atoms with Gasteiger partial charge in [0.1, 0.15) is 19.8 Å². The number of ether oxygens (including phenoxy) is 2. The zero-order valence-electron chi connectivity index (χ0n) is 54.5. The summed E-state index contributed by atoms with van der Waals surface area (Å²) in [5.74, 6) is -0.786. The molecule has 0 bridgehead atoms.